The molecular weight excluding hydrogens is 222 g/mol. The number of ether oxygens (including phenoxy) is 3. The van der Waals surface area contributed by atoms with Crippen LogP contribution in [0.4, 0.5) is 0 Å². The van der Waals surface area contributed by atoms with Crippen molar-refractivity contribution < 1.29 is 19.3 Å². The van der Waals surface area contributed by atoms with E-state index in [-0.39, 0.29) is 0 Å². The Labute approximate surface area is 104 Å². The standard InChI is InChI=1S/C12H27NO4/c1-4-13-10-12(2,14)11-17-7-5-6-16-9-8-15-3/h13-14H,4-11H2,1-3H3. The van der Waals surface area contributed by atoms with Gasteiger partial charge in [0.15, 0.2) is 0 Å². The number of aliphatic hydroxyl groups is 1. The van der Waals surface area contributed by atoms with Gasteiger partial charge in [0.05, 0.1) is 25.4 Å². The molecule has 1 atom stereocenters. The Balaban J connectivity index is 3.26. The molecule has 0 saturated carbocycles. The second-order valence-electron chi connectivity index (χ2n) is 4.29. The van der Waals surface area contributed by atoms with Gasteiger partial charge in [-0.15, -0.1) is 0 Å². The van der Waals surface area contributed by atoms with Crippen molar-refractivity contribution in [3.05, 3.63) is 0 Å². The van der Waals surface area contributed by atoms with Gasteiger partial charge in [-0.3, -0.25) is 0 Å². The average molecular weight is 249 g/mol. The highest BCUT2D eigenvalue weighted by Crippen LogP contribution is 2.02. The summed E-state index contributed by atoms with van der Waals surface area (Å²) in [6.45, 7) is 8.04. The molecule has 1 unspecified atom stereocenters. The maximum atomic E-state index is 9.88. The lowest BCUT2D eigenvalue weighted by atomic mass is 10.1. The lowest BCUT2D eigenvalue weighted by Crippen LogP contribution is -2.41. The van der Waals surface area contributed by atoms with Crippen LogP contribution in [-0.4, -0.2) is 63.9 Å². The maximum Gasteiger partial charge on any atom is 0.0975 e. The van der Waals surface area contributed by atoms with Crippen LogP contribution in [0, 0.1) is 0 Å². The van der Waals surface area contributed by atoms with Crippen molar-refractivity contribution >= 4 is 0 Å². The lowest BCUT2D eigenvalue weighted by Gasteiger charge is -2.23. The van der Waals surface area contributed by atoms with E-state index in [1.165, 1.54) is 0 Å². The Morgan fingerprint density at radius 3 is 2.47 bits per heavy atom. The van der Waals surface area contributed by atoms with Crippen LogP contribution in [0.3, 0.4) is 0 Å². The molecule has 0 aliphatic carbocycles. The van der Waals surface area contributed by atoms with Crippen molar-refractivity contribution in [1.29, 1.82) is 0 Å². The van der Waals surface area contributed by atoms with Gasteiger partial charge in [0.2, 0.25) is 0 Å². The fraction of sp³-hybridized carbons (Fsp3) is 1.00. The highest BCUT2D eigenvalue weighted by Gasteiger charge is 2.19. The molecule has 0 aromatic rings. The summed E-state index contributed by atoms with van der Waals surface area (Å²) in [5.74, 6) is 0. The first-order valence-electron chi connectivity index (χ1n) is 6.20. The van der Waals surface area contributed by atoms with Crippen molar-refractivity contribution in [3.8, 4) is 0 Å². The summed E-state index contributed by atoms with van der Waals surface area (Å²) in [7, 11) is 1.65. The molecule has 0 fully saturated rings. The normalized spacial score (nSPS) is 14.8. The van der Waals surface area contributed by atoms with Crippen molar-refractivity contribution in [2.45, 2.75) is 25.9 Å². The fourth-order valence-corrected chi connectivity index (χ4v) is 1.24. The van der Waals surface area contributed by atoms with Crippen LogP contribution in [0.2, 0.25) is 0 Å². The number of hydrogen-bond acceptors (Lipinski definition) is 5. The van der Waals surface area contributed by atoms with Gasteiger partial charge in [0.25, 0.3) is 0 Å². The van der Waals surface area contributed by atoms with E-state index in [1.807, 2.05) is 6.92 Å². The molecular formula is C12H27NO4. The highest BCUT2D eigenvalue weighted by atomic mass is 16.5. The summed E-state index contributed by atoms with van der Waals surface area (Å²) < 4.78 is 15.5. The summed E-state index contributed by atoms with van der Waals surface area (Å²) in [4.78, 5) is 0. The molecule has 0 bridgehead atoms. The minimum absolute atomic E-state index is 0.345. The molecule has 2 N–H and O–H groups in total. The molecule has 0 radical (unpaired) electrons. The van der Waals surface area contributed by atoms with E-state index in [2.05, 4.69) is 5.32 Å². The van der Waals surface area contributed by atoms with Crippen LogP contribution >= 0.6 is 0 Å². The minimum Gasteiger partial charge on any atom is -0.386 e. The van der Waals surface area contributed by atoms with Crippen molar-refractivity contribution in [2.24, 2.45) is 0 Å². The van der Waals surface area contributed by atoms with Crippen LogP contribution in [0.5, 0.6) is 0 Å². The van der Waals surface area contributed by atoms with Gasteiger partial charge in [0.1, 0.15) is 0 Å². The Morgan fingerprint density at radius 1 is 1.12 bits per heavy atom. The molecule has 0 aromatic carbocycles. The van der Waals surface area contributed by atoms with Crippen molar-refractivity contribution in [3.63, 3.8) is 0 Å². The van der Waals surface area contributed by atoms with Crippen LogP contribution in [0.1, 0.15) is 20.3 Å². The molecule has 5 nitrogen and oxygen atoms in total. The summed E-state index contributed by atoms with van der Waals surface area (Å²) >= 11 is 0. The molecule has 0 rings (SSSR count). The second-order valence-corrected chi connectivity index (χ2v) is 4.29. The predicted molar refractivity (Wildman–Crippen MR) is 67.3 cm³/mol. The third-order valence-electron chi connectivity index (χ3n) is 2.18. The number of nitrogens with one attached hydrogen (secondary N) is 1. The summed E-state index contributed by atoms with van der Waals surface area (Å²) in [6, 6.07) is 0. The molecule has 0 heterocycles. The Bertz CT molecular complexity index is 165. The zero-order chi connectivity index (χ0) is 13.0. The SMILES string of the molecule is CCNCC(C)(O)COCCCOCCOC. The molecule has 0 saturated heterocycles. The first kappa shape index (κ1) is 16.8. The zero-order valence-corrected chi connectivity index (χ0v) is 11.3. The van der Waals surface area contributed by atoms with E-state index in [1.54, 1.807) is 14.0 Å². The lowest BCUT2D eigenvalue weighted by molar-refractivity contribution is -0.0371. The van der Waals surface area contributed by atoms with Gasteiger partial charge < -0.3 is 24.6 Å². The van der Waals surface area contributed by atoms with E-state index < -0.39 is 5.60 Å². The van der Waals surface area contributed by atoms with Gasteiger partial charge in [-0.25, -0.2) is 0 Å². The largest absolute Gasteiger partial charge is 0.386 e. The van der Waals surface area contributed by atoms with Crippen molar-refractivity contribution in [1.82, 2.24) is 5.32 Å². The van der Waals surface area contributed by atoms with Gasteiger partial charge in [-0.2, -0.15) is 0 Å². The van der Waals surface area contributed by atoms with E-state index >= 15 is 0 Å². The van der Waals surface area contributed by atoms with Gasteiger partial charge >= 0.3 is 0 Å². The Kier molecular flexibility index (Phi) is 10.8. The maximum absolute atomic E-state index is 9.88. The summed E-state index contributed by atoms with van der Waals surface area (Å²) in [5, 5.41) is 13.0. The van der Waals surface area contributed by atoms with Crippen LogP contribution in [0.25, 0.3) is 0 Å². The molecule has 0 aliphatic rings. The fourth-order valence-electron chi connectivity index (χ4n) is 1.24. The molecule has 0 amide bonds. The van der Waals surface area contributed by atoms with E-state index in [0.29, 0.717) is 39.6 Å². The highest BCUT2D eigenvalue weighted by molar-refractivity contribution is 4.74. The van der Waals surface area contributed by atoms with E-state index in [4.69, 9.17) is 14.2 Å². The average Bonchev–Trinajstić information content (AvgIpc) is 2.30. The number of methoxy groups -OCH3 is 1. The Morgan fingerprint density at radius 2 is 1.82 bits per heavy atom. The number of likely N-dealkylation sites (N-methyl/N-ethyl adjacent to an activating group) is 1. The van der Waals surface area contributed by atoms with E-state index in [0.717, 1.165) is 13.0 Å². The Hall–Kier alpha value is -0.200. The molecule has 104 valence electrons. The van der Waals surface area contributed by atoms with Crippen LogP contribution in [0.15, 0.2) is 0 Å². The topological polar surface area (TPSA) is 60.0 Å². The zero-order valence-electron chi connectivity index (χ0n) is 11.3. The summed E-state index contributed by atoms with van der Waals surface area (Å²) in [5.41, 5.74) is -0.799. The molecule has 5 heteroatoms. The van der Waals surface area contributed by atoms with E-state index in [9.17, 15) is 5.11 Å². The first-order valence-corrected chi connectivity index (χ1v) is 6.20. The molecule has 0 aromatic heterocycles. The predicted octanol–water partition coefficient (Wildman–Crippen LogP) is 0.417. The molecule has 17 heavy (non-hydrogen) atoms. The van der Waals surface area contributed by atoms with Crippen LogP contribution in [-0.2, 0) is 14.2 Å². The molecule has 0 aliphatic heterocycles. The monoisotopic (exact) mass is 249 g/mol. The third-order valence-corrected chi connectivity index (χ3v) is 2.18. The first-order chi connectivity index (χ1) is 8.12. The van der Waals surface area contributed by atoms with Gasteiger partial charge in [-0.05, 0) is 19.9 Å². The minimum atomic E-state index is -0.799. The quantitative estimate of drug-likeness (QED) is 0.491. The van der Waals surface area contributed by atoms with Gasteiger partial charge in [0, 0.05) is 26.9 Å². The number of rotatable bonds is 12. The molecule has 0 spiro atoms. The summed E-state index contributed by atoms with van der Waals surface area (Å²) in [6.07, 6.45) is 0.834. The second kappa shape index (κ2) is 10.9. The van der Waals surface area contributed by atoms with Crippen LogP contribution < -0.4 is 5.32 Å². The van der Waals surface area contributed by atoms with Gasteiger partial charge in [-0.1, -0.05) is 6.92 Å². The third kappa shape index (κ3) is 12.1. The smallest absolute Gasteiger partial charge is 0.0975 e. The number of hydrogen-bond donors (Lipinski definition) is 2. The van der Waals surface area contributed by atoms with Crippen molar-refractivity contribution in [2.75, 3.05) is 53.2 Å².